The number of carbonyl (C=O) groups is 3. The molecule has 2 aliphatic rings. The van der Waals surface area contributed by atoms with E-state index in [1.54, 1.807) is 17.0 Å². The summed E-state index contributed by atoms with van der Waals surface area (Å²) in [6.07, 6.45) is 1.51. The molecule has 0 aromatic heterocycles. The fraction of sp³-hybridized carbons (Fsp3) is 0.550. The van der Waals surface area contributed by atoms with Gasteiger partial charge in [-0.3, -0.25) is 14.4 Å². The summed E-state index contributed by atoms with van der Waals surface area (Å²) in [5, 5.41) is 0. The van der Waals surface area contributed by atoms with Gasteiger partial charge in [0, 0.05) is 32.4 Å². The van der Waals surface area contributed by atoms with Crippen molar-refractivity contribution in [3.63, 3.8) is 0 Å². The van der Waals surface area contributed by atoms with Crippen LogP contribution in [0.25, 0.3) is 0 Å². The summed E-state index contributed by atoms with van der Waals surface area (Å²) in [7, 11) is 4.34. The summed E-state index contributed by atoms with van der Waals surface area (Å²) in [4.78, 5) is 38.0. The summed E-state index contributed by atoms with van der Waals surface area (Å²) >= 11 is 0. The first-order valence-electron chi connectivity index (χ1n) is 9.25. The van der Waals surface area contributed by atoms with Crippen LogP contribution in [-0.4, -0.2) is 62.6 Å². The van der Waals surface area contributed by atoms with E-state index in [0.717, 1.165) is 0 Å². The smallest absolute Gasteiger partial charge is 0.306 e. The maximum absolute atomic E-state index is 12.7. The molecule has 1 saturated heterocycles. The highest BCUT2D eigenvalue weighted by Crippen LogP contribution is 2.47. The van der Waals surface area contributed by atoms with E-state index in [1.807, 2.05) is 0 Å². The van der Waals surface area contributed by atoms with E-state index >= 15 is 0 Å². The highest BCUT2D eigenvalue weighted by molar-refractivity contribution is 6.01. The largest absolute Gasteiger partial charge is 0.493 e. The molecule has 152 valence electrons. The lowest BCUT2D eigenvalue weighted by Crippen LogP contribution is -2.52. The molecule has 3 rings (SSSR count). The van der Waals surface area contributed by atoms with Crippen LogP contribution in [0, 0.1) is 0 Å². The highest BCUT2D eigenvalue weighted by atomic mass is 16.5. The van der Waals surface area contributed by atoms with E-state index in [4.69, 9.17) is 14.2 Å². The third kappa shape index (κ3) is 3.76. The second-order valence-corrected chi connectivity index (χ2v) is 7.02. The van der Waals surface area contributed by atoms with Crippen LogP contribution in [0.15, 0.2) is 12.1 Å². The van der Waals surface area contributed by atoms with Gasteiger partial charge in [0.25, 0.3) is 0 Å². The number of piperidine rings is 1. The van der Waals surface area contributed by atoms with Crippen molar-refractivity contribution >= 4 is 17.7 Å². The molecule has 1 fully saturated rings. The summed E-state index contributed by atoms with van der Waals surface area (Å²) in [6, 6.07) is 3.39. The number of nitrogens with zero attached hydrogens (tertiary/aromatic N) is 1. The molecule has 2 heterocycles. The molecule has 0 bridgehead atoms. The van der Waals surface area contributed by atoms with Crippen molar-refractivity contribution in [2.45, 2.75) is 37.7 Å². The fourth-order valence-corrected chi connectivity index (χ4v) is 3.77. The zero-order valence-corrected chi connectivity index (χ0v) is 16.4. The minimum atomic E-state index is -0.664. The molecule has 1 amide bonds. The van der Waals surface area contributed by atoms with Gasteiger partial charge >= 0.3 is 5.97 Å². The van der Waals surface area contributed by atoms with Crippen molar-refractivity contribution in [3.05, 3.63) is 17.7 Å². The van der Waals surface area contributed by atoms with Crippen LogP contribution >= 0.6 is 0 Å². The van der Waals surface area contributed by atoms with Crippen LogP contribution in [0.4, 0.5) is 0 Å². The normalized spacial score (nSPS) is 17.5. The lowest BCUT2D eigenvalue weighted by molar-refractivity contribution is -0.144. The van der Waals surface area contributed by atoms with Crippen LogP contribution < -0.4 is 14.2 Å². The van der Waals surface area contributed by atoms with Crippen molar-refractivity contribution in [2.75, 3.05) is 34.4 Å². The Labute approximate surface area is 163 Å². The van der Waals surface area contributed by atoms with E-state index in [-0.39, 0.29) is 31.0 Å². The maximum Gasteiger partial charge on any atom is 0.306 e. The highest BCUT2D eigenvalue weighted by Gasteiger charge is 2.45. The molecule has 8 heteroatoms. The number of methoxy groups -OCH3 is 3. The minimum absolute atomic E-state index is 0.00679. The lowest BCUT2D eigenvalue weighted by atomic mass is 9.82. The number of rotatable bonds is 5. The monoisotopic (exact) mass is 391 g/mol. The van der Waals surface area contributed by atoms with E-state index in [9.17, 15) is 14.4 Å². The average Bonchev–Trinajstić information content (AvgIpc) is 2.71. The minimum Gasteiger partial charge on any atom is -0.493 e. The quantitative estimate of drug-likeness (QED) is 0.709. The summed E-state index contributed by atoms with van der Waals surface area (Å²) in [5.74, 6) is 0.810. The van der Waals surface area contributed by atoms with Gasteiger partial charge in [-0.05, 0) is 12.1 Å². The molecule has 0 unspecified atom stereocenters. The molecule has 28 heavy (non-hydrogen) atoms. The molecule has 0 saturated carbocycles. The number of esters is 1. The number of fused-ring (bicyclic) bond motifs is 1. The Balaban J connectivity index is 1.72. The van der Waals surface area contributed by atoms with Crippen molar-refractivity contribution in [3.8, 4) is 17.2 Å². The zero-order valence-electron chi connectivity index (χ0n) is 16.4. The molecular weight excluding hydrogens is 366 g/mol. The number of carbonyl (C=O) groups excluding carboxylic acids is 3. The number of Topliss-reactive ketones (excluding diaryl/α,β-unsaturated/α-hetero) is 1. The molecule has 0 atom stereocenters. The molecular formula is C20H25NO7. The average molecular weight is 391 g/mol. The third-order valence-corrected chi connectivity index (χ3v) is 5.40. The number of hydrogen-bond donors (Lipinski definition) is 0. The predicted molar refractivity (Wildman–Crippen MR) is 98.9 cm³/mol. The van der Waals surface area contributed by atoms with E-state index in [2.05, 4.69) is 4.74 Å². The van der Waals surface area contributed by atoms with Crippen LogP contribution in [0.1, 0.15) is 42.5 Å². The molecule has 0 N–H and O–H groups in total. The number of ketones is 1. The Hall–Kier alpha value is -2.77. The first-order valence-corrected chi connectivity index (χ1v) is 9.25. The molecule has 1 aromatic carbocycles. The molecule has 0 aliphatic carbocycles. The maximum atomic E-state index is 12.7. The standard InChI is InChI=1S/C20H25NO7/c1-25-15-5-4-13-14(22)12-20(28-18(13)19(15)27-3)8-10-21(11-9-20)16(23)6-7-17(24)26-2/h4-5H,6-12H2,1-3H3. The van der Waals surface area contributed by atoms with Crippen LogP contribution in [0.3, 0.4) is 0 Å². The topological polar surface area (TPSA) is 91.4 Å². The van der Waals surface area contributed by atoms with E-state index in [1.165, 1.54) is 21.3 Å². The van der Waals surface area contributed by atoms with E-state index in [0.29, 0.717) is 48.7 Å². The lowest BCUT2D eigenvalue weighted by Gasteiger charge is -2.44. The van der Waals surface area contributed by atoms with Crippen LogP contribution in [0.2, 0.25) is 0 Å². The Morgan fingerprint density at radius 2 is 1.82 bits per heavy atom. The number of benzene rings is 1. The van der Waals surface area contributed by atoms with Crippen molar-refractivity contribution < 1.29 is 33.3 Å². The Kier molecular flexibility index (Phi) is 5.76. The van der Waals surface area contributed by atoms with Gasteiger partial charge in [0.2, 0.25) is 11.7 Å². The van der Waals surface area contributed by atoms with E-state index < -0.39 is 11.6 Å². The van der Waals surface area contributed by atoms with Crippen LogP contribution in [-0.2, 0) is 14.3 Å². The molecule has 1 spiro atoms. The van der Waals surface area contributed by atoms with Gasteiger partial charge in [0.15, 0.2) is 17.3 Å². The van der Waals surface area contributed by atoms with Crippen molar-refractivity contribution in [1.29, 1.82) is 0 Å². The first kappa shape index (κ1) is 20.0. The molecule has 2 aliphatic heterocycles. The molecule has 1 aromatic rings. The SMILES string of the molecule is COC(=O)CCC(=O)N1CCC2(CC1)CC(=O)c1ccc(OC)c(OC)c1O2. The summed E-state index contributed by atoms with van der Waals surface area (Å²) in [5.41, 5.74) is -0.178. The second-order valence-electron chi connectivity index (χ2n) is 7.02. The Bertz CT molecular complexity index is 781. The number of ether oxygens (including phenoxy) is 4. The second kappa shape index (κ2) is 8.08. The van der Waals surface area contributed by atoms with Gasteiger partial charge in [0.05, 0.1) is 39.7 Å². The molecule has 8 nitrogen and oxygen atoms in total. The summed E-state index contributed by atoms with van der Waals surface area (Å²) in [6.45, 7) is 0.934. The number of amides is 1. The zero-order chi connectivity index (χ0) is 20.3. The third-order valence-electron chi connectivity index (χ3n) is 5.40. The predicted octanol–water partition coefficient (Wildman–Crippen LogP) is 1.98. The van der Waals surface area contributed by atoms with Gasteiger partial charge in [-0.15, -0.1) is 0 Å². The summed E-state index contributed by atoms with van der Waals surface area (Å²) < 4.78 is 21.6. The van der Waals surface area contributed by atoms with Gasteiger partial charge in [-0.2, -0.15) is 0 Å². The number of likely N-dealkylation sites (tertiary alicyclic amines) is 1. The fourth-order valence-electron chi connectivity index (χ4n) is 3.77. The van der Waals surface area contributed by atoms with Gasteiger partial charge < -0.3 is 23.8 Å². The van der Waals surface area contributed by atoms with Gasteiger partial charge in [0.1, 0.15) is 5.60 Å². The van der Waals surface area contributed by atoms with Gasteiger partial charge in [-0.25, -0.2) is 0 Å². The van der Waals surface area contributed by atoms with Crippen molar-refractivity contribution in [1.82, 2.24) is 4.90 Å². The van der Waals surface area contributed by atoms with Crippen LogP contribution in [0.5, 0.6) is 17.2 Å². The van der Waals surface area contributed by atoms with Gasteiger partial charge in [-0.1, -0.05) is 0 Å². The Morgan fingerprint density at radius 1 is 1.11 bits per heavy atom. The van der Waals surface area contributed by atoms with Crippen molar-refractivity contribution in [2.24, 2.45) is 0 Å². The molecule has 0 radical (unpaired) electrons. The number of hydrogen-bond acceptors (Lipinski definition) is 7. The Morgan fingerprint density at radius 3 is 2.43 bits per heavy atom. The first-order chi connectivity index (χ1) is 13.4.